The van der Waals surface area contributed by atoms with Gasteiger partial charge in [-0.3, -0.25) is 4.79 Å². The van der Waals surface area contributed by atoms with Crippen LogP contribution < -0.4 is 5.32 Å². The van der Waals surface area contributed by atoms with E-state index in [0.29, 0.717) is 18.7 Å². The Kier molecular flexibility index (Phi) is 3.98. The summed E-state index contributed by atoms with van der Waals surface area (Å²) in [7, 11) is 0. The molecule has 0 saturated heterocycles. The Morgan fingerprint density at radius 1 is 1.14 bits per heavy atom. The summed E-state index contributed by atoms with van der Waals surface area (Å²) in [4.78, 5) is 16.3. The van der Waals surface area contributed by atoms with Crippen LogP contribution in [0.25, 0.3) is 21.8 Å². The van der Waals surface area contributed by atoms with Crippen molar-refractivity contribution in [3.63, 3.8) is 0 Å². The van der Waals surface area contributed by atoms with E-state index >= 15 is 0 Å². The molecule has 3 nitrogen and oxygen atoms in total. The summed E-state index contributed by atoms with van der Waals surface area (Å²) in [5, 5.41) is 5.43. The monoisotopic (exact) mass is 290 g/mol. The highest BCUT2D eigenvalue weighted by atomic mass is 16.1. The molecule has 22 heavy (non-hydrogen) atoms. The molecule has 110 valence electrons. The van der Waals surface area contributed by atoms with Crippen LogP contribution in [0.2, 0.25) is 0 Å². The third kappa shape index (κ3) is 2.90. The van der Waals surface area contributed by atoms with E-state index in [-0.39, 0.29) is 5.78 Å². The van der Waals surface area contributed by atoms with Gasteiger partial charge in [0, 0.05) is 17.3 Å². The molecule has 0 aliphatic heterocycles. The Balaban J connectivity index is 1.91. The van der Waals surface area contributed by atoms with Crippen molar-refractivity contribution in [1.82, 2.24) is 10.3 Å². The number of carbonyl (C=O) groups excluding carboxylic acids is 1. The van der Waals surface area contributed by atoms with Gasteiger partial charge in [-0.25, -0.2) is 4.98 Å². The Morgan fingerprint density at radius 3 is 2.73 bits per heavy atom. The number of pyridine rings is 1. The number of carbonyl (C=O) groups is 1. The molecule has 3 aromatic rings. The molecule has 2 aromatic carbocycles. The lowest BCUT2D eigenvalue weighted by atomic mass is 10.1. The minimum atomic E-state index is 0.0452. The zero-order chi connectivity index (χ0) is 15.5. The fourth-order valence-corrected chi connectivity index (χ4v) is 2.48. The molecule has 3 rings (SSSR count). The summed E-state index contributed by atoms with van der Waals surface area (Å²) in [5.74, 6) is 0.0452. The third-order valence-corrected chi connectivity index (χ3v) is 3.73. The largest absolute Gasteiger partial charge is 0.306 e. The quantitative estimate of drug-likeness (QED) is 0.576. The normalized spacial score (nSPS) is 11.0. The second-order valence-corrected chi connectivity index (χ2v) is 5.47. The minimum Gasteiger partial charge on any atom is -0.306 e. The fourth-order valence-electron chi connectivity index (χ4n) is 2.48. The van der Waals surface area contributed by atoms with E-state index in [1.165, 1.54) is 0 Å². The molecule has 1 heterocycles. The molecule has 0 radical (unpaired) electrons. The standard InChI is InChI=1S/C19H18N2O/c1-13(2)19(22)12-20-11-15-7-5-9-18-16(15)10-14-6-3-4-8-17(14)21-18/h3-10,20H,1,11-12H2,2H3. The fraction of sp³-hybridized carbons (Fsp3) is 0.158. The van der Waals surface area contributed by atoms with Crippen molar-refractivity contribution in [3.8, 4) is 0 Å². The van der Waals surface area contributed by atoms with Crippen molar-refractivity contribution in [1.29, 1.82) is 0 Å². The molecule has 0 aliphatic carbocycles. The number of para-hydroxylation sites is 1. The Morgan fingerprint density at radius 2 is 1.91 bits per heavy atom. The number of aromatic nitrogens is 1. The van der Waals surface area contributed by atoms with Crippen molar-refractivity contribution >= 4 is 27.6 Å². The summed E-state index contributed by atoms with van der Waals surface area (Å²) in [6.07, 6.45) is 0. The molecule has 0 amide bonds. The second-order valence-electron chi connectivity index (χ2n) is 5.47. The molecule has 0 unspecified atom stereocenters. The number of benzene rings is 2. The van der Waals surface area contributed by atoms with Gasteiger partial charge < -0.3 is 5.32 Å². The number of hydrogen-bond donors (Lipinski definition) is 1. The van der Waals surface area contributed by atoms with Crippen LogP contribution in [-0.2, 0) is 11.3 Å². The van der Waals surface area contributed by atoms with Gasteiger partial charge in [0.15, 0.2) is 5.78 Å². The van der Waals surface area contributed by atoms with Gasteiger partial charge in [0.25, 0.3) is 0 Å². The van der Waals surface area contributed by atoms with Crippen molar-refractivity contribution in [3.05, 3.63) is 66.2 Å². The van der Waals surface area contributed by atoms with Crippen LogP contribution in [0.4, 0.5) is 0 Å². The van der Waals surface area contributed by atoms with Gasteiger partial charge in [-0.05, 0) is 36.3 Å². The first-order valence-corrected chi connectivity index (χ1v) is 7.32. The average molecular weight is 290 g/mol. The number of rotatable bonds is 5. The molecule has 0 fully saturated rings. The van der Waals surface area contributed by atoms with Crippen LogP contribution in [-0.4, -0.2) is 17.3 Å². The highest BCUT2D eigenvalue weighted by Crippen LogP contribution is 2.22. The molecular formula is C19H18N2O. The Hall–Kier alpha value is -2.52. The van der Waals surface area contributed by atoms with Gasteiger partial charge in [-0.1, -0.05) is 36.9 Å². The van der Waals surface area contributed by atoms with E-state index < -0.39 is 0 Å². The highest BCUT2D eigenvalue weighted by Gasteiger charge is 2.06. The van der Waals surface area contributed by atoms with Gasteiger partial charge in [-0.15, -0.1) is 0 Å². The van der Waals surface area contributed by atoms with Crippen molar-refractivity contribution < 1.29 is 4.79 Å². The highest BCUT2D eigenvalue weighted by molar-refractivity contribution is 5.96. The number of hydrogen-bond acceptors (Lipinski definition) is 3. The second kappa shape index (κ2) is 6.08. The zero-order valence-corrected chi connectivity index (χ0v) is 12.6. The van der Waals surface area contributed by atoms with E-state index in [1.807, 2.05) is 30.3 Å². The number of nitrogens with zero attached hydrogens (tertiary/aromatic N) is 1. The maximum atomic E-state index is 11.6. The average Bonchev–Trinajstić information content (AvgIpc) is 2.53. The maximum absolute atomic E-state index is 11.6. The van der Waals surface area contributed by atoms with Gasteiger partial charge in [0.1, 0.15) is 0 Å². The first-order chi connectivity index (χ1) is 10.6. The molecular weight excluding hydrogens is 272 g/mol. The van der Waals surface area contributed by atoms with Crippen LogP contribution in [0, 0.1) is 0 Å². The van der Waals surface area contributed by atoms with E-state index in [2.05, 4.69) is 30.1 Å². The molecule has 0 saturated carbocycles. The van der Waals surface area contributed by atoms with E-state index in [1.54, 1.807) is 6.92 Å². The number of nitrogens with one attached hydrogen (secondary N) is 1. The SMILES string of the molecule is C=C(C)C(=O)CNCc1cccc2nc3ccccc3cc12. The summed E-state index contributed by atoms with van der Waals surface area (Å²) in [6.45, 7) is 6.35. The van der Waals surface area contributed by atoms with Crippen molar-refractivity contribution in [2.75, 3.05) is 6.54 Å². The van der Waals surface area contributed by atoms with Crippen LogP contribution >= 0.6 is 0 Å². The van der Waals surface area contributed by atoms with Crippen molar-refractivity contribution in [2.24, 2.45) is 0 Å². The van der Waals surface area contributed by atoms with Crippen molar-refractivity contribution in [2.45, 2.75) is 13.5 Å². The van der Waals surface area contributed by atoms with Gasteiger partial charge in [0.2, 0.25) is 0 Å². The summed E-state index contributed by atoms with van der Waals surface area (Å²) < 4.78 is 0. The summed E-state index contributed by atoms with van der Waals surface area (Å²) >= 11 is 0. The summed E-state index contributed by atoms with van der Waals surface area (Å²) in [6, 6.07) is 16.3. The van der Waals surface area contributed by atoms with Crippen LogP contribution in [0.5, 0.6) is 0 Å². The van der Waals surface area contributed by atoms with E-state index in [0.717, 1.165) is 27.4 Å². The van der Waals surface area contributed by atoms with Gasteiger partial charge in [-0.2, -0.15) is 0 Å². The van der Waals surface area contributed by atoms with Crippen LogP contribution in [0.3, 0.4) is 0 Å². The molecule has 0 aliphatic rings. The van der Waals surface area contributed by atoms with Crippen LogP contribution in [0.1, 0.15) is 12.5 Å². The number of ketones is 1. The van der Waals surface area contributed by atoms with E-state index in [4.69, 9.17) is 4.98 Å². The summed E-state index contributed by atoms with van der Waals surface area (Å²) in [5.41, 5.74) is 3.70. The van der Waals surface area contributed by atoms with Crippen LogP contribution in [0.15, 0.2) is 60.7 Å². The first kappa shape index (κ1) is 14.4. The first-order valence-electron chi connectivity index (χ1n) is 7.32. The molecule has 3 heteroatoms. The zero-order valence-electron chi connectivity index (χ0n) is 12.6. The molecule has 1 N–H and O–H groups in total. The predicted molar refractivity (Wildman–Crippen MR) is 90.8 cm³/mol. The van der Waals surface area contributed by atoms with Gasteiger partial charge >= 0.3 is 0 Å². The van der Waals surface area contributed by atoms with E-state index in [9.17, 15) is 4.79 Å². The lowest BCUT2D eigenvalue weighted by Gasteiger charge is -2.09. The lowest BCUT2D eigenvalue weighted by Crippen LogP contribution is -2.22. The lowest BCUT2D eigenvalue weighted by molar-refractivity contribution is -0.114. The molecule has 0 spiro atoms. The Labute approximate surface area is 129 Å². The smallest absolute Gasteiger partial charge is 0.171 e. The topological polar surface area (TPSA) is 42.0 Å². The minimum absolute atomic E-state index is 0.0452. The Bertz CT molecular complexity index is 868. The molecule has 0 atom stereocenters. The predicted octanol–water partition coefficient (Wildman–Crippen LogP) is 3.62. The maximum Gasteiger partial charge on any atom is 0.171 e. The molecule has 1 aromatic heterocycles. The third-order valence-electron chi connectivity index (χ3n) is 3.73. The number of fused-ring (bicyclic) bond motifs is 2. The number of Topliss-reactive ketones (excluding diaryl/α,β-unsaturated/α-hetero) is 1. The molecule has 0 bridgehead atoms. The van der Waals surface area contributed by atoms with Gasteiger partial charge in [0.05, 0.1) is 17.6 Å².